The van der Waals surface area contributed by atoms with E-state index in [1.165, 1.54) is 24.6 Å². The van der Waals surface area contributed by atoms with Gasteiger partial charge < -0.3 is 15.0 Å². The number of likely N-dealkylation sites (tertiary alicyclic amines) is 1. The predicted octanol–water partition coefficient (Wildman–Crippen LogP) is 6.34. The molecular weight excluding hydrogens is 517 g/mol. The number of fused-ring (bicyclic) bond motifs is 1. The number of carbonyl (C=O) groups excluding carboxylic acids is 1. The molecule has 2 amide bonds. The lowest BCUT2D eigenvalue weighted by Gasteiger charge is -2.38. The molecular formula is C31H37F3N4O2. The van der Waals surface area contributed by atoms with Gasteiger partial charge >= 0.3 is 12.2 Å². The summed E-state index contributed by atoms with van der Waals surface area (Å²) in [4.78, 5) is 17.9. The van der Waals surface area contributed by atoms with Gasteiger partial charge in [0.25, 0.3) is 0 Å². The standard InChI is InChI=1S/C31H37F3N4O2/c1-21-8-9-25(17-28(21)31(32,33)34)36-29(39)38(14-13-37-12-4-7-27(37)20-40-2)26-10-11-30(18-24(30)16-26)23-6-3-5-22(15-23)19-35/h3,5-6,8-9,15,17,24,26-27H,4,7,10-14,16,18,20H2,1-2H3,(H,36,39)/t24?,26?,27?,30-/m0/s1. The first-order valence-corrected chi connectivity index (χ1v) is 14.1. The summed E-state index contributed by atoms with van der Waals surface area (Å²) in [6, 6.07) is 14.0. The Morgan fingerprint density at radius 1 is 1.25 bits per heavy atom. The van der Waals surface area contributed by atoms with E-state index in [0.29, 0.717) is 37.2 Å². The van der Waals surface area contributed by atoms with Gasteiger partial charge in [-0.05, 0) is 98.7 Å². The van der Waals surface area contributed by atoms with Crippen molar-refractivity contribution in [3.8, 4) is 6.07 Å². The molecule has 6 nitrogen and oxygen atoms in total. The number of hydrogen-bond donors (Lipinski definition) is 1. The molecule has 2 aromatic carbocycles. The largest absolute Gasteiger partial charge is 0.416 e. The Morgan fingerprint density at radius 2 is 2.08 bits per heavy atom. The number of alkyl halides is 3. The Kier molecular flexibility index (Phi) is 8.12. The Balaban J connectivity index is 1.33. The lowest BCUT2D eigenvalue weighted by molar-refractivity contribution is -0.138. The molecule has 1 heterocycles. The third kappa shape index (κ3) is 5.84. The molecule has 0 bridgehead atoms. The highest BCUT2D eigenvalue weighted by Gasteiger charge is 2.58. The molecule has 3 aliphatic rings. The highest BCUT2D eigenvalue weighted by atomic mass is 19.4. The van der Waals surface area contributed by atoms with Crippen molar-refractivity contribution in [1.29, 1.82) is 5.26 Å². The molecule has 3 fully saturated rings. The third-order valence-corrected chi connectivity index (χ3v) is 9.26. The molecule has 4 atom stereocenters. The zero-order valence-corrected chi connectivity index (χ0v) is 23.1. The van der Waals surface area contributed by atoms with E-state index < -0.39 is 11.7 Å². The number of nitriles is 1. The van der Waals surface area contributed by atoms with Crippen LogP contribution in [0.15, 0.2) is 42.5 Å². The molecule has 9 heteroatoms. The van der Waals surface area contributed by atoms with Crippen molar-refractivity contribution < 1.29 is 22.7 Å². The number of urea groups is 1. The Hall–Kier alpha value is -3.09. The summed E-state index contributed by atoms with van der Waals surface area (Å²) in [7, 11) is 1.70. The first-order chi connectivity index (χ1) is 19.1. The second-order valence-electron chi connectivity index (χ2n) is 11.6. The van der Waals surface area contributed by atoms with Crippen LogP contribution in [0.4, 0.5) is 23.7 Å². The molecule has 1 saturated heterocycles. The summed E-state index contributed by atoms with van der Waals surface area (Å²) < 4.78 is 46.0. The van der Waals surface area contributed by atoms with Gasteiger partial charge in [-0.1, -0.05) is 18.2 Å². The lowest BCUT2D eigenvalue weighted by atomic mass is 9.80. The fourth-order valence-corrected chi connectivity index (χ4v) is 7.00. The molecule has 1 aliphatic heterocycles. The van der Waals surface area contributed by atoms with Gasteiger partial charge in [0.1, 0.15) is 0 Å². The number of carbonyl (C=O) groups is 1. The minimum Gasteiger partial charge on any atom is -0.383 e. The second-order valence-corrected chi connectivity index (χ2v) is 11.6. The topological polar surface area (TPSA) is 68.6 Å². The van der Waals surface area contributed by atoms with Gasteiger partial charge in [-0.2, -0.15) is 18.4 Å². The van der Waals surface area contributed by atoms with Gasteiger partial charge in [0.15, 0.2) is 0 Å². The number of halogens is 3. The molecule has 40 heavy (non-hydrogen) atoms. The fourth-order valence-electron chi connectivity index (χ4n) is 7.00. The van der Waals surface area contributed by atoms with Crippen LogP contribution in [-0.4, -0.2) is 61.3 Å². The van der Waals surface area contributed by atoms with Gasteiger partial charge in [-0.25, -0.2) is 4.79 Å². The first-order valence-electron chi connectivity index (χ1n) is 14.1. The minimum absolute atomic E-state index is 0.00390. The van der Waals surface area contributed by atoms with E-state index in [0.717, 1.165) is 51.1 Å². The van der Waals surface area contributed by atoms with Crippen LogP contribution in [0.25, 0.3) is 0 Å². The van der Waals surface area contributed by atoms with Gasteiger partial charge in [-0.15, -0.1) is 0 Å². The summed E-state index contributed by atoms with van der Waals surface area (Å²) in [5, 5.41) is 12.1. The Bertz CT molecular complexity index is 1280. The molecule has 214 valence electrons. The summed E-state index contributed by atoms with van der Waals surface area (Å²) in [6.07, 6.45) is 1.25. The van der Waals surface area contributed by atoms with Gasteiger partial charge in [0.05, 0.1) is 23.8 Å². The van der Waals surface area contributed by atoms with Crippen LogP contribution in [0.2, 0.25) is 0 Å². The number of hydrogen-bond acceptors (Lipinski definition) is 4. The second kappa shape index (κ2) is 11.4. The van der Waals surface area contributed by atoms with Crippen LogP contribution in [0, 0.1) is 24.2 Å². The smallest absolute Gasteiger partial charge is 0.383 e. The molecule has 2 saturated carbocycles. The van der Waals surface area contributed by atoms with E-state index in [2.05, 4.69) is 22.4 Å². The zero-order valence-electron chi connectivity index (χ0n) is 23.1. The quantitative estimate of drug-likeness (QED) is 0.414. The summed E-state index contributed by atoms with van der Waals surface area (Å²) in [6.45, 7) is 4.20. The zero-order chi connectivity index (χ0) is 28.5. The summed E-state index contributed by atoms with van der Waals surface area (Å²) in [5.41, 5.74) is 1.45. The summed E-state index contributed by atoms with van der Waals surface area (Å²) in [5.74, 6) is 0.416. The number of rotatable bonds is 8. The highest BCUT2D eigenvalue weighted by molar-refractivity contribution is 5.89. The number of nitrogens with zero attached hydrogens (tertiary/aromatic N) is 3. The van der Waals surface area contributed by atoms with Crippen LogP contribution >= 0.6 is 0 Å². The van der Waals surface area contributed by atoms with E-state index in [-0.39, 0.29) is 28.7 Å². The number of methoxy groups -OCH3 is 1. The maximum Gasteiger partial charge on any atom is 0.416 e. The maximum absolute atomic E-state index is 13.7. The van der Waals surface area contributed by atoms with E-state index in [1.54, 1.807) is 7.11 Å². The number of ether oxygens (including phenoxy) is 1. The number of aryl methyl sites for hydroxylation is 1. The van der Waals surface area contributed by atoms with Crippen LogP contribution in [0.3, 0.4) is 0 Å². The van der Waals surface area contributed by atoms with E-state index in [1.807, 2.05) is 23.1 Å². The number of anilines is 1. The number of nitrogens with one attached hydrogen (secondary N) is 1. The van der Waals surface area contributed by atoms with E-state index in [4.69, 9.17) is 4.74 Å². The van der Waals surface area contributed by atoms with Crippen molar-refractivity contribution in [2.45, 2.75) is 69.1 Å². The Labute approximate surface area is 234 Å². The minimum atomic E-state index is -4.49. The fraction of sp³-hybridized carbons (Fsp3) is 0.548. The molecule has 1 N–H and O–H groups in total. The first kappa shape index (κ1) is 28.4. The monoisotopic (exact) mass is 554 g/mol. The molecule has 0 radical (unpaired) electrons. The Morgan fingerprint density at radius 3 is 2.80 bits per heavy atom. The van der Waals surface area contributed by atoms with Crippen molar-refractivity contribution in [2.24, 2.45) is 5.92 Å². The van der Waals surface area contributed by atoms with Gasteiger partial charge in [0.2, 0.25) is 0 Å². The van der Waals surface area contributed by atoms with Crippen molar-refractivity contribution in [3.05, 3.63) is 64.7 Å². The van der Waals surface area contributed by atoms with Crippen LogP contribution < -0.4 is 5.32 Å². The molecule has 2 aromatic rings. The van der Waals surface area contributed by atoms with Crippen LogP contribution in [-0.2, 0) is 16.3 Å². The van der Waals surface area contributed by atoms with Gasteiger partial charge in [-0.3, -0.25) is 4.90 Å². The average Bonchev–Trinajstić information content (AvgIpc) is 3.52. The van der Waals surface area contributed by atoms with Crippen molar-refractivity contribution in [3.63, 3.8) is 0 Å². The van der Waals surface area contributed by atoms with E-state index >= 15 is 0 Å². The van der Waals surface area contributed by atoms with E-state index in [9.17, 15) is 23.2 Å². The maximum atomic E-state index is 13.7. The highest BCUT2D eigenvalue weighted by Crippen LogP contribution is 2.63. The van der Waals surface area contributed by atoms with Crippen molar-refractivity contribution in [2.75, 3.05) is 38.7 Å². The molecule has 3 unspecified atom stereocenters. The molecule has 2 aliphatic carbocycles. The predicted molar refractivity (Wildman–Crippen MR) is 147 cm³/mol. The summed E-state index contributed by atoms with van der Waals surface area (Å²) >= 11 is 0. The SMILES string of the molecule is COCC1CCCN1CCN(C(=O)Nc1ccc(C)c(C(F)(F)F)c1)C1CC[C@@]2(c3cccc(C#N)c3)CC2C1. The van der Waals surface area contributed by atoms with Gasteiger partial charge in [0, 0.05) is 38.0 Å². The number of benzene rings is 2. The average molecular weight is 555 g/mol. The molecule has 0 aromatic heterocycles. The third-order valence-electron chi connectivity index (χ3n) is 9.26. The molecule has 5 rings (SSSR count). The molecule has 0 spiro atoms. The van der Waals surface area contributed by atoms with Crippen molar-refractivity contribution in [1.82, 2.24) is 9.80 Å². The number of amides is 2. The van der Waals surface area contributed by atoms with Crippen LogP contribution in [0.1, 0.15) is 60.8 Å². The normalized spacial score (nSPS) is 26.1. The van der Waals surface area contributed by atoms with Crippen molar-refractivity contribution >= 4 is 11.7 Å². The van der Waals surface area contributed by atoms with Crippen LogP contribution in [0.5, 0.6) is 0 Å². The lowest BCUT2D eigenvalue weighted by Crippen LogP contribution is -2.49.